The number of hydroxylamine groups is 1. The van der Waals surface area contributed by atoms with Crippen LogP contribution in [0.3, 0.4) is 0 Å². The maximum absolute atomic E-state index is 8.77. The van der Waals surface area contributed by atoms with Gasteiger partial charge < -0.3 is 5.73 Å². The molecule has 0 bridgehead atoms. The van der Waals surface area contributed by atoms with Crippen LogP contribution in [0, 0.1) is 0 Å². The van der Waals surface area contributed by atoms with Crippen molar-refractivity contribution in [1.82, 2.24) is 5.48 Å². The minimum Gasteiger partial charge on any atom is -0.368 e. The van der Waals surface area contributed by atoms with Crippen LogP contribution < -0.4 is 11.2 Å². The van der Waals surface area contributed by atoms with E-state index < -0.39 is 0 Å². The van der Waals surface area contributed by atoms with Crippen LogP contribution in [0.25, 0.3) is 0 Å². The highest BCUT2D eigenvalue weighted by Crippen LogP contribution is 2.25. The van der Waals surface area contributed by atoms with Crippen molar-refractivity contribution in [2.75, 3.05) is 0 Å². The summed E-state index contributed by atoms with van der Waals surface area (Å²) in [6, 6.07) is 19.4. The van der Waals surface area contributed by atoms with Crippen LogP contribution in [0.15, 0.2) is 65.7 Å². The largest absolute Gasteiger partial charge is 0.368 e. The highest BCUT2D eigenvalue weighted by Gasteiger charge is 2.12. The molecule has 0 spiro atoms. The fourth-order valence-electron chi connectivity index (χ4n) is 1.78. The Morgan fingerprint density at radius 2 is 1.39 bits per heavy atom. The van der Waals surface area contributed by atoms with Crippen LogP contribution in [0.2, 0.25) is 0 Å². The van der Waals surface area contributed by atoms with E-state index in [-0.39, 0.29) is 12.0 Å². The number of nitrogens with zero attached hydrogens (tertiary/aromatic N) is 1. The number of guanidine groups is 1. The molecule has 92 valence electrons. The topological polar surface area (TPSA) is 70.6 Å². The lowest BCUT2D eigenvalue weighted by Gasteiger charge is -2.14. The van der Waals surface area contributed by atoms with Crippen molar-refractivity contribution < 1.29 is 5.21 Å². The van der Waals surface area contributed by atoms with Gasteiger partial charge in [0.1, 0.15) is 6.04 Å². The number of hydrogen-bond donors (Lipinski definition) is 3. The molecule has 4 nitrogen and oxygen atoms in total. The number of hydrogen-bond acceptors (Lipinski definition) is 2. The second kappa shape index (κ2) is 5.84. The van der Waals surface area contributed by atoms with Crippen LogP contribution in [-0.4, -0.2) is 11.2 Å². The first-order valence-corrected chi connectivity index (χ1v) is 5.64. The number of benzene rings is 2. The van der Waals surface area contributed by atoms with Crippen LogP contribution in [0.5, 0.6) is 0 Å². The minimum absolute atomic E-state index is 0.00675. The fourth-order valence-corrected chi connectivity index (χ4v) is 1.78. The molecule has 18 heavy (non-hydrogen) atoms. The molecule has 0 aliphatic rings. The maximum atomic E-state index is 8.77. The van der Waals surface area contributed by atoms with Crippen LogP contribution in [0.4, 0.5) is 0 Å². The zero-order chi connectivity index (χ0) is 12.8. The van der Waals surface area contributed by atoms with Gasteiger partial charge in [-0.1, -0.05) is 60.7 Å². The molecule has 2 rings (SSSR count). The maximum Gasteiger partial charge on any atom is 0.213 e. The Hall–Kier alpha value is -2.33. The molecule has 0 radical (unpaired) electrons. The first-order chi connectivity index (χ1) is 8.81. The lowest BCUT2D eigenvalue weighted by atomic mass is 9.99. The summed E-state index contributed by atoms with van der Waals surface area (Å²) in [4.78, 5) is 4.27. The molecule has 0 saturated carbocycles. The summed E-state index contributed by atoms with van der Waals surface area (Å²) in [6.45, 7) is 0. The molecule has 0 heterocycles. The highest BCUT2D eigenvalue weighted by atomic mass is 16.5. The van der Waals surface area contributed by atoms with Crippen molar-refractivity contribution in [3.8, 4) is 0 Å². The summed E-state index contributed by atoms with van der Waals surface area (Å²) < 4.78 is 0. The normalized spacial score (nSPS) is 11.6. The molecular weight excluding hydrogens is 226 g/mol. The van der Waals surface area contributed by atoms with Crippen molar-refractivity contribution in [3.63, 3.8) is 0 Å². The van der Waals surface area contributed by atoms with E-state index in [1.54, 1.807) is 0 Å². The third-order valence-electron chi connectivity index (χ3n) is 2.61. The Bertz CT molecular complexity index is 472. The number of nitrogens with two attached hydrogens (primary N) is 1. The van der Waals surface area contributed by atoms with Gasteiger partial charge in [0.25, 0.3) is 0 Å². The van der Waals surface area contributed by atoms with Crippen molar-refractivity contribution in [2.45, 2.75) is 6.04 Å². The minimum atomic E-state index is -0.230. The highest BCUT2D eigenvalue weighted by molar-refractivity contribution is 5.77. The number of aliphatic imine (C=N–C) groups is 1. The summed E-state index contributed by atoms with van der Waals surface area (Å²) in [5, 5.41) is 8.77. The van der Waals surface area contributed by atoms with Crippen LogP contribution in [-0.2, 0) is 0 Å². The zero-order valence-electron chi connectivity index (χ0n) is 9.82. The lowest BCUT2D eigenvalue weighted by Crippen LogP contribution is -2.29. The monoisotopic (exact) mass is 241 g/mol. The van der Waals surface area contributed by atoms with Gasteiger partial charge in [-0.05, 0) is 11.1 Å². The van der Waals surface area contributed by atoms with Crippen molar-refractivity contribution in [1.29, 1.82) is 0 Å². The number of rotatable bonds is 3. The smallest absolute Gasteiger partial charge is 0.213 e. The molecule has 0 amide bonds. The van der Waals surface area contributed by atoms with Gasteiger partial charge in [0.2, 0.25) is 5.96 Å². The van der Waals surface area contributed by atoms with E-state index in [4.69, 9.17) is 10.9 Å². The van der Waals surface area contributed by atoms with E-state index >= 15 is 0 Å². The molecular formula is C14H15N3O. The van der Waals surface area contributed by atoms with E-state index in [2.05, 4.69) is 4.99 Å². The molecule has 0 aliphatic carbocycles. The van der Waals surface area contributed by atoms with E-state index in [1.165, 1.54) is 0 Å². The van der Waals surface area contributed by atoms with Crippen LogP contribution >= 0.6 is 0 Å². The van der Waals surface area contributed by atoms with Gasteiger partial charge in [0, 0.05) is 0 Å². The Morgan fingerprint density at radius 3 is 1.78 bits per heavy atom. The molecule has 0 atom stereocenters. The predicted octanol–water partition coefficient (Wildman–Crippen LogP) is 2.07. The summed E-state index contributed by atoms with van der Waals surface area (Å²) in [6.07, 6.45) is 0. The van der Waals surface area contributed by atoms with Gasteiger partial charge in [0.05, 0.1) is 0 Å². The summed E-state index contributed by atoms with van der Waals surface area (Å²) in [5.41, 5.74) is 9.43. The lowest BCUT2D eigenvalue weighted by molar-refractivity contribution is 0.232. The predicted molar refractivity (Wildman–Crippen MR) is 71.3 cm³/mol. The second-order valence-electron chi connectivity index (χ2n) is 3.85. The molecule has 2 aromatic rings. The zero-order valence-corrected chi connectivity index (χ0v) is 9.82. The first kappa shape index (κ1) is 12.1. The molecule has 0 aliphatic heterocycles. The van der Waals surface area contributed by atoms with Gasteiger partial charge in [-0.25, -0.2) is 10.5 Å². The molecule has 4 N–H and O–H groups in total. The molecule has 0 aromatic heterocycles. The van der Waals surface area contributed by atoms with Crippen molar-refractivity contribution in [2.24, 2.45) is 10.7 Å². The summed E-state index contributed by atoms with van der Waals surface area (Å²) >= 11 is 0. The standard InChI is InChI=1S/C14H15N3O/c15-14(17-18)16-13(11-7-3-1-4-8-11)12-9-5-2-6-10-12/h1-10,13,18H,(H3,15,16,17). The average Bonchev–Trinajstić information content (AvgIpc) is 2.46. The summed E-state index contributed by atoms with van der Waals surface area (Å²) in [7, 11) is 0. The van der Waals surface area contributed by atoms with E-state index in [9.17, 15) is 0 Å². The molecule has 0 fully saturated rings. The Labute approximate surface area is 106 Å². The quantitative estimate of drug-likeness (QED) is 0.437. The average molecular weight is 241 g/mol. The van der Waals surface area contributed by atoms with Crippen molar-refractivity contribution in [3.05, 3.63) is 71.8 Å². The van der Waals surface area contributed by atoms with Crippen molar-refractivity contribution >= 4 is 5.96 Å². The molecule has 0 unspecified atom stereocenters. The van der Waals surface area contributed by atoms with E-state index in [1.807, 2.05) is 66.1 Å². The fraction of sp³-hybridized carbons (Fsp3) is 0.0714. The van der Waals surface area contributed by atoms with Gasteiger partial charge in [0.15, 0.2) is 0 Å². The first-order valence-electron chi connectivity index (χ1n) is 5.64. The Morgan fingerprint density at radius 1 is 0.944 bits per heavy atom. The van der Waals surface area contributed by atoms with Crippen LogP contribution in [0.1, 0.15) is 17.2 Å². The van der Waals surface area contributed by atoms with Gasteiger partial charge in [-0.15, -0.1) is 0 Å². The van der Waals surface area contributed by atoms with Gasteiger partial charge in [-0.3, -0.25) is 5.21 Å². The second-order valence-corrected chi connectivity index (χ2v) is 3.85. The Kier molecular flexibility index (Phi) is 3.94. The van der Waals surface area contributed by atoms with Gasteiger partial charge in [-0.2, -0.15) is 0 Å². The third-order valence-corrected chi connectivity index (χ3v) is 2.61. The summed E-state index contributed by atoms with van der Waals surface area (Å²) in [5.74, 6) is -0.00675. The Balaban J connectivity index is 2.42. The molecule has 4 heteroatoms. The third kappa shape index (κ3) is 2.87. The SMILES string of the molecule is NC(=NC(c1ccccc1)c1ccccc1)NO. The molecule has 2 aromatic carbocycles. The van der Waals surface area contributed by atoms with E-state index in [0.29, 0.717) is 0 Å². The van der Waals surface area contributed by atoms with E-state index in [0.717, 1.165) is 11.1 Å². The van der Waals surface area contributed by atoms with Gasteiger partial charge >= 0.3 is 0 Å². The number of nitrogens with one attached hydrogen (secondary N) is 1. The molecule has 0 saturated heterocycles.